The van der Waals surface area contributed by atoms with Crippen molar-refractivity contribution in [3.8, 4) is 0 Å². The highest BCUT2D eigenvalue weighted by Crippen LogP contribution is 2.40. The quantitative estimate of drug-likeness (QED) is 0.405. The molecule has 6 nitrogen and oxygen atoms in total. The number of nitrogens with one attached hydrogen (secondary N) is 1. The van der Waals surface area contributed by atoms with Gasteiger partial charge in [-0.2, -0.15) is 0 Å². The maximum atomic E-state index is 13.3. The van der Waals surface area contributed by atoms with E-state index in [9.17, 15) is 14.7 Å². The van der Waals surface area contributed by atoms with Gasteiger partial charge in [0, 0.05) is 29.3 Å². The fourth-order valence-corrected chi connectivity index (χ4v) is 5.72. The van der Waals surface area contributed by atoms with Crippen molar-refractivity contribution >= 4 is 17.5 Å². The summed E-state index contributed by atoms with van der Waals surface area (Å²) in [6.07, 6.45) is 1.92. The van der Waals surface area contributed by atoms with Crippen LogP contribution >= 0.6 is 0 Å². The SMILES string of the molecule is CC(C)C(=O)Nc1cccc(C2CCN(CC[C@@H](c3ccccc3)N3C(=O)c4ccccc4C3O)CC2)c1. The maximum Gasteiger partial charge on any atom is 0.257 e. The lowest BCUT2D eigenvalue weighted by molar-refractivity contribution is -0.118. The molecule has 3 aromatic rings. The van der Waals surface area contributed by atoms with Crippen LogP contribution in [0.15, 0.2) is 78.9 Å². The first-order valence-electron chi connectivity index (χ1n) is 13.7. The van der Waals surface area contributed by atoms with Gasteiger partial charge >= 0.3 is 0 Å². The number of aliphatic hydroxyl groups is 1. The molecular formula is C32H37N3O3. The molecule has 2 heterocycles. The number of anilines is 1. The van der Waals surface area contributed by atoms with Crippen LogP contribution < -0.4 is 5.32 Å². The molecule has 38 heavy (non-hydrogen) atoms. The van der Waals surface area contributed by atoms with E-state index >= 15 is 0 Å². The van der Waals surface area contributed by atoms with Crippen molar-refractivity contribution in [2.45, 2.75) is 51.3 Å². The van der Waals surface area contributed by atoms with Crippen molar-refractivity contribution in [3.05, 3.63) is 101 Å². The lowest BCUT2D eigenvalue weighted by Gasteiger charge is -2.36. The summed E-state index contributed by atoms with van der Waals surface area (Å²) >= 11 is 0. The third-order valence-electron chi connectivity index (χ3n) is 7.94. The summed E-state index contributed by atoms with van der Waals surface area (Å²) in [6.45, 7) is 6.60. The number of carbonyl (C=O) groups excluding carboxylic acids is 2. The van der Waals surface area contributed by atoms with Gasteiger partial charge in [-0.3, -0.25) is 9.59 Å². The summed E-state index contributed by atoms with van der Waals surface area (Å²) in [6, 6.07) is 25.5. The molecule has 0 bridgehead atoms. The first kappa shape index (κ1) is 26.1. The van der Waals surface area contributed by atoms with E-state index < -0.39 is 6.23 Å². The third-order valence-corrected chi connectivity index (χ3v) is 7.94. The fourth-order valence-electron chi connectivity index (χ4n) is 5.72. The molecule has 5 rings (SSSR count). The highest BCUT2D eigenvalue weighted by Gasteiger charge is 2.40. The Bertz CT molecular complexity index is 1270. The van der Waals surface area contributed by atoms with Crippen LogP contribution in [0, 0.1) is 5.92 Å². The van der Waals surface area contributed by atoms with E-state index in [-0.39, 0.29) is 23.8 Å². The van der Waals surface area contributed by atoms with E-state index in [0.717, 1.165) is 50.1 Å². The van der Waals surface area contributed by atoms with Crippen LogP contribution in [-0.4, -0.2) is 46.4 Å². The second-order valence-corrected chi connectivity index (χ2v) is 10.8. The number of fused-ring (bicyclic) bond motifs is 1. The molecule has 2 N–H and O–H groups in total. The summed E-state index contributed by atoms with van der Waals surface area (Å²) in [4.78, 5) is 29.6. The number of amides is 2. The molecule has 198 valence electrons. The van der Waals surface area contributed by atoms with Crippen LogP contribution in [0.1, 0.15) is 78.3 Å². The van der Waals surface area contributed by atoms with E-state index in [0.29, 0.717) is 17.0 Å². The molecule has 2 amide bonds. The standard InChI is InChI=1S/C32H37N3O3/c1-22(2)30(36)33-26-12-8-11-25(21-26)23-15-18-34(19-16-23)20-17-29(24-9-4-3-5-10-24)35-31(37)27-13-6-7-14-28(27)32(35)38/h3-14,21-23,29,31,37H,15-20H2,1-2H3,(H,33,36)/t29-,31?/m0/s1. The largest absolute Gasteiger partial charge is 0.369 e. The summed E-state index contributed by atoms with van der Waals surface area (Å²) < 4.78 is 0. The van der Waals surface area contributed by atoms with Gasteiger partial charge in [0.1, 0.15) is 0 Å². The average molecular weight is 512 g/mol. The number of rotatable bonds is 8. The van der Waals surface area contributed by atoms with Crippen LogP contribution in [0.4, 0.5) is 5.69 Å². The van der Waals surface area contributed by atoms with E-state index in [1.807, 2.05) is 74.5 Å². The predicted molar refractivity (Wildman–Crippen MR) is 150 cm³/mol. The lowest BCUT2D eigenvalue weighted by Crippen LogP contribution is -2.38. The van der Waals surface area contributed by atoms with Crippen molar-refractivity contribution < 1.29 is 14.7 Å². The minimum absolute atomic E-state index is 0.0367. The molecule has 0 radical (unpaired) electrons. The molecule has 0 saturated carbocycles. The van der Waals surface area contributed by atoms with Gasteiger partial charge in [0.15, 0.2) is 6.23 Å². The zero-order valence-corrected chi connectivity index (χ0v) is 22.2. The molecule has 1 fully saturated rings. The molecule has 2 aliphatic heterocycles. The van der Waals surface area contributed by atoms with Gasteiger partial charge in [-0.05, 0) is 67.6 Å². The second-order valence-electron chi connectivity index (χ2n) is 10.8. The number of aliphatic hydroxyl groups excluding tert-OH is 1. The van der Waals surface area contributed by atoms with E-state index in [1.54, 1.807) is 11.0 Å². The normalized spacial score (nSPS) is 19.0. The summed E-state index contributed by atoms with van der Waals surface area (Å²) in [5.74, 6) is 0.344. The van der Waals surface area contributed by atoms with Crippen molar-refractivity contribution in [1.82, 2.24) is 9.80 Å². The first-order valence-corrected chi connectivity index (χ1v) is 13.7. The second kappa shape index (κ2) is 11.5. The molecule has 2 aliphatic rings. The van der Waals surface area contributed by atoms with E-state index in [2.05, 4.69) is 22.3 Å². The van der Waals surface area contributed by atoms with Gasteiger partial charge < -0.3 is 20.2 Å². The van der Waals surface area contributed by atoms with Gasteiger partial charge in [-0.1, -0.05) is 74.5 Å². The zero-order valence-electron chi connectivity index (χ0n) is 22.2. The van der Waals surface area contributed by atoms with E-state index in [1.165, 1.54) is 5.56 Å². The van der Waals surface area contributed by atoms with Gasteiger partial charge in [0.2, 0.25) is 5.91 Å². The molecular weight excluding hydrogens is 474 g/mol. The predicted octanol–water partition coefficient (Wildman–Crippen LogP) is 5.74. The van der Waals surface area contributed by atoms with E-state index in [4.69, 9.17) is 0 Å². The number of benzene rings is 3. The van der Waals surface area contributed by atoms with Gasteiger partial charge in [-0.15, -0.1) is 0 Å². The number of hydrogen-bond donors (Lipinski definition) is 2. The van der Waals surface area contributed by atoms with Gasteiger partial charge in [0.05, 0.1) is 6.04 Å². The highest BCUT2D eigenvalue weighted by molar-refractivity contribution is 5.99. The van der Waals surface area contributed by atoms with Crippen molar-refractivity contribution in [1.29, 1.82) is 0 Å². The Hall–Kier alpha value is -3.48. The minimum atomic E-state index is -0.932. The number of nitrogens with zero attached hydrogens (tertiary/aromatic N) is 2. The molecule has 1 saturated heterocycles. The monoisotopic (exact) mass is 511 g/mol. The van der Waals surface area contributed by atoms with Crippen molar-refractivity contribution in [3.63, 3.8) is 0 Å². The number of likely N-dealkylation sites (tertiary alicyclic amines) is 1. The van der Waals surface area contributed by atoms with Crippen LogP contribution in [0.5, 0.6) is 0 Å². The molecule has 0 aromatic heterocycles. The number of hydrogen-bond acceptors (Lipinski definition) is 4. The molecule has 6 heteroatoms. The Morgan fingerprint density at radius 3 is 2.39 bits per heavy atom. The van der Waals surface area contributed by atoms with Crippen molar-refractivity contribution in [2.75, 3.05) is 25.0 Å². The van der Waals surface area contributed by atoms with Crippen LogP contribution in [-0.2, 0) is 4.79 Å². The van der Waals surface area contributed by atoms with Gasteiger partial charge in [-0.25, -0.2) is 0 Å². The van der Waals surface area contributed by atoms with Crippen LogP contribution in [0.3, 0.4) is 0 Å². The lowest BCUT2D eigenvalue weighted by atomic mass is 9.89. The Labute approximate surface area is 225 Å². The Kier molecular flexibility index (Phi) is 7.91. The average Bonchev–Trinajstić information content (AvgIpc) is 3.20. The number of carbonyl (C=O) groups is 2. The van der Waals surface area contributed by atoms with Gasteiger partial charge in [0.25, 0.3) is 5.91 Å². The minimum Gasteiger partial charge on any atom is -0.369 e. The molecule has 0 spiro atoms. The maximum absolute atomic E-state index is 13.3. The Balaban J connectivity index is 1.23. The molecule has 3 aromatic carbocycles. The summed E-state index contributed by atoms with van der Waals surface area (Å²) in [7, 11) is 0. The van der Waals surface area contributed by atoms with Crippen LogP contribution in [0.25, 0.3) is 0 Å². The van der Waals surface area contributed by atoms with Crippen LogP contribution in [0.2, 0.25) is 0 Å². The highest BCUT2D eigenvalue weighted by atomic mass is 16.3. The first-order chi connectivity index (χ1) is 18.4. The molecule has 2 atom stereocenters. The molecule has 0 aliphatic carbocycles. The fraction of sp³-hybridized carbons (Fsp3) is 0.375. The molecule has 1 unspecified atom stereocenters. The Morgan fingerprint density at radius 2 is 1.68 bits per heavy atom. The Morgan fingerprint density at radius 1 is 0.974 bits per heavy atom. The summed E-state index contributed by atoms with van der Waals surface area (Å²) in [5.41, 5.74) is 4.46. The van der Waals surface area contributed by atoms with Crippen molar-refractivity contribution in [2.24, 2.45) is 5.92 Å². The third kappa shape index (κ3) is 5.52. The topological polar surface area (TPSA) is 72.9 Å². The zero-order chi connectivity index (χ0) is 26.6. The number of piperidine rings is 1. The summed E-state index contributed by atoms with van der Waals surface area (Å²) in [5, 5.41) is 14.1. The smallest absolute Gasteiger partial charge is 0.257 e.